The zero-order valence-corrected chi connectivity index (χ0v) is 22.0. The van der Waals surface area contributed by atoms with Gasteiger partial charge in [-0.25, -0.2) is 4.99 Å². The molecule has 32 heavy (non-hydrogen) atoms. The maximum absolute atomic E-state index is 14.1. The second kappa shape index (κ2) is 16.7. The van der Waals surface area contributed by atoms with Gasteiger partial charge in [-0.15, -0.1) is 0 Å². The third-order valence-corrected chi connectivity index (χ3v) is 9.25. The van der Waals surface area contributed by atoms with Crippen molar-refractivity contribution in [2.45, 2.75) is 79.1 Å². The highest BCUT2D eigenvalue weighted by molar-refractivity contribution is 7.98. The van der Waals surface area contributed by atoms with E-state index >= 15 is 0 Å². The van der Waals surface area contributed by atoms with Gasteiger partial charge in [0.25, 0.3) is 0 Å². The van der Waals surface area contributed by atoms with E-state index in [-0.39, 0.29) is 31.6 Å². The fraction of sp³-hybridized carbons (Fsp3) is 0.696. The van der Waals surface area contributed by atoms with Gasteiger partial charge in [0.2, 0.25) is 5.19 Å². The van der Waals surface area contributed by atoms with E-state index in [2.05, 4.69) is 4.99 Å². The lowest BCUT2D eigenvalue weighted by atomic mass is 10.3. The van der Waals surface area contributed by atoms with Crippen molar-refractivity contribution >= 4 is 26.1 Å². The summed E-state index contributed by atoms with van der Waals surface area (Å²) in [4.78, 5) is 4.51. The summed E-state index contributed by atoms with van der Waals surface area (Å²) in [7, 11) is -8.07. The minimum atomic E-state index is -4.04. The lowest BCUT2D eigenvalue weighted by Gasteiger charge is -2.26. The smallest absolute Gasteiger partial charge is 0.304 e. The predicted octanol–water partition coefficient (Wildman–Crippen LogP) is 8.33. The second-order valence-corrected chi connectivity index (χ2v) is 11.7. The van der Waals surface area contributed by atoms with Gasteiger partial charge >= 0.3 is 15.2 Å². The molecule has 0 heterocycles. The molecule has 184 valence electrons. The number of hydrogen-bond acceptors (Lipinski definition) is 7. The van der Waals surface area contributed by atoms with Crippen molar-refractivity contribution in [1.29, 1.82) is 0 Å². The van der Waals surface area contributed by atoms with Crippen molar-refractivity contribution in [2.75, 3.05) is 26.4 Å². The Kier molecular flexibility index (Phi) is 15.3. The maximum Gasteiger partial charge on any atom is 0.388 e. The molecular formula is C23H41NO6P2. The van der Waals surface area contributed by atoms with Crippen molar-refractivity contribution in [3.63, 3.8) is 0 Å². The molecule has 1 aromatic rings. The molecule has 0 amide bonds. The Hall–Kier alpha value is -0.810. The molecule has 0 radical (unpaired) electrons. The average Bonchev–Trinajstić information content (AvgIpc) is 2.79. The minimum Gasteiger partial charge on any atom is -0.304 e. The van der Waals surface area contributed by atoms with Crippen molar-refractivity contribution in [3.8, 4) is 0 Å². The van der Waals surface area contributed by atoms with Crippen LogP contribution in [-0.4, -0.2) is 31.6 Å². The van der Waals surface area contributed by atoms with Crippen molar-refractivity contribution in [1.82, 2.24) is 0 Å². The first-order chi connectivity index (χ1) is 15.5. The van der Waals surface area contributed by atoms with Gasteiger partial charge in [0, 0.05) is 0 Å². The van der Waals surface area contributed by atoms with E-state index in [1.165, 1.54) is 0 Å². The highest BCUT2D eigenvalue weighted by Gasteiger charge is 2.48. The van der Waals surface area contributed by atoms with Crippen LogP contribution in [0.15, 0.2) is 35.3 Å². The van der Waals surface area contributed by atoms with Crippen LogP contribution in [0.4, 0.5) is 5.69 Å². The molecule has 0 aliphatic heterocycles. The van der Waals surface area contributed by atoms with Crippen molar-refractivity contribution in [3.05, 3.63) is 30.3 Å². The van der Waals surface area contributed by atoms with Crippen LogP contribution in [0.25, 0.3) is 0 Å². The molecular weight excluding hydrogens is 448 g/mol. The Labute approximate surface area is 194 Å². The maximum atomic E-state index is 14.1. The number of unbranched alkanes of at least 4 members (excludes halogenated alkanes) is 4. The molecule has 0 N–H and O–H groups in total. The number of para-hydroxylation sites is 1. The van der Waals surface area contributed by atoms with E-state index in [1.54, 1.807) is 24.3 Å². The molecule has 0 unspecified atom stereocenters. The molecule has 0 aliphatic rings. The fourth-order valence-corrected chi connectivity index (χ4v) is 6.97. The Morgan fingerprint density at radius 3 is 1.31 bits per heavy atom. The van der Waals surface area contributed by atoms with Crippen LogP contribution >= 0.6 is 15.2 Å². The normalized spacial score (nSPS) is 12.1. The first-order valence-electron chi connectivity index (χ1n) is 11.9. The highest BCUT2D eigenvalue weighted by Crippen LogP contribution is 2.67. The Morgan fingerprint density at radius 2 is 1.00 bits per heavy atom. The first-order valence-corrected chi connectivity index (χ1v) is 15.0. The summed E-state index contributed by atoms with van der Waals surface area (Å²) in [5, 5.41) is -0.254. The topological polar surface area (TPSA) is 83.4 Å². The summed E-state index contributed by atoms with van der Waals surface area (Å²) in [5.41, 5.74) is 0.485. The van der Waals surface area contributed by atoms with Crippen molar-refractivity contribution in [2.24, 2.45) is 4.99 Å². The number of nitrogens with zero attached hydrogens (tertiary/aromatic N) is 1. The third-order valence-electron chi connectivity index (χ3n) is 4.51. The van der Waals surface area contributed by atoms with Crippen LogP contribution in [0.2, 0.25) is 0 Å². The standard InChI is InChI=1S/C23H41NO6P2/c1-5-9-18-27-31(25,28-19-10-6-2)23(24-22-16-14-13-15-17-22)32(26,29-20-11-7-3)30-21-12-8-4/h13-17H,5-12,18-21H2,1-4H3. The zero-order chi connectivity index (χ0) is 23.7. The molecule has 0 bridgehead atoms. The fourth-order valence-electron chi connectivity index (χ4n) is 2.51. The van der Waals surface area contributed by atoms with Gasteiger partial charge in [0.1, 0.15) is 0 Å². The van der Waals surface area contributed by atoms with Gasteiger partial charge in [-0.2, -0.15) is 0 Å². The molecule has 0 saturated heterocycles. The van der Waals surface area contributed by atoms with E-state index in [4.69, 9.17) is 18.1 Å². The van der Waals surface area contributed by atoms with Gasteiger partial charge in [-0.05, 0) is 37.8 Å². The van der Waals surface area contributed by atoms with Gasteiger partial charge < -0.3 is 18.1 Å². The van der Waals surface area contributed by atoms with E-state index in [0.717, 1.165) is 25.7 Å². The summed E-state index contributed by atoms with van der Waals surface area (Å²) < 4.78 is 51.3. The van der Waals surface area contributed by atoms with Crippen LogP contribution in [0.3, 0.4) is 0 Å². The van der Waals surface area contributed by atoms with Crippen LogP contribution in [0, 0.1) is 0 Å². The molecule has 0 fully saturated rings. The van der Waals surface area contributed by atoms with Crippen LogP contribution < -0.4 is 0 Å². The molecule has 0 aromatic heterocycles. The van der Waals surface area contributed by atoms with E-state index in [1.807, 2.05) is 33.8 Å². The van der Waals surface area contributed by atoms with Gasteiger partial charge in [0.05, 0.1) is 32.1 Å². The summed E-state index contributed by atoms with van der Waals surface area (Å²) in [5.74, 6) is 0. The Balaban J connectivity index is 3.48. The molecule has 7 nitrogen and oxygen atoms in total. The molecule has 1 aromatic carbocycles. The zero-order valence-electron chi connectivity index (χ0n) is 20.2. The second-order valence-electron chi connectivity index (χ2n) is 7.49. The monoisotopic (exact) mass is 489 g/mol. The van der Waals surface area contributed by atoms with E-state index < -0.39 is 15.2 Å². The summed E-state index contributed by atoms with van der Waals surface area (Å²) in [6.45, 7) is 8.87. The van der Waals surface area contributed by atoms with Crippen LogP contribution in [0.1, 0.15) is 79.1 Å². The highest BCUT2D eigenvalue weighted by atomic mass is 31.2. The summed E-state index contributed by atoms with van der Waals surface area (Å²) in [6, 6.07) is 8.94. The molecule has 1 rings (SSSR count). The van der Waals surface area contributed by atoms with Gasteiger partial charge in [0.15, 0.2) is 0 Å². The first kappa shape index (κ1) is 29.2. The summed E-state index contributed by atoms with van der Waals surface area (Å²) in [6.07, 6.45) is 6.20. The SMILES string of the molecule is CCCCOP(=O)(OCCCC)C(=Nc1ccccc1)P(=O)(OCCCC)OCCCC. The molecule has 0 spiro atoms. The predicted molar refractivity (Wildman–Crippen MR) is 132 cm³/mol. The molecule has 0 saturated carbocycles. The van der Waals surface area contributed by atoms with Gasteiger partial charge in [-0.1, -0.05) is 71.6 Å². The largest absolute Gasteiger partial charge is 0.388 e. The molecule has 9 heteroatoms. The lowest BCUT2D eigenvalue weighted by molar-refractivity contribution is 0.203. The Bertz CT molecular complexity index is 673. The Morgan fingerprint density at radius 1 is 0.656 bits per heavy atom. The average molecular weight is 490 g/mol. The van der Waals surface area contributed by atoms with Gasteiger partial charge in [-0.3, -0.25) is 9.13 Å². The lowest BCUT2D eigenvalue weighted by Crippen LogP contribution is -2.14. The number of aliphatic imine (C=N–C) groups is 1. The van der Waals surface area contributed by atoms with Crippen molar-refractivity contribution < 1.29 is 27.2 Å². The molecule has 0 aliphatic carbocycles. The minimum absolute atomic E-state index is 0.206. The van der Waals surface area contributed by atoms with Crippen LogP contribution in [0.5, 0.6) is 0 Å². The quantitative estimate of drug-likeness (QED) is 0.110. The van der Waals surface area contributed by atoms with E-state index in [0.29, 0.717) is 31.4 Å². The molecule has 0 atom stereocenters. The van der Waals surface area contributed by atoms with Crippen LogP contribution in [-0.2, 0) is 27.2 Å². The number of benzene rings is 1. The number of hydrogen-bond donors (Lipinski definition) is 0. The number of rotatable bonds is 19. The van der Waals surface area contributed by atoms with E-state index in [9.17, 15) is 9.13 Å². The summed E-state index contributed by atoms with van der Waals surface area (Å²) >= 11 is 0. The third kappa shape index (κ3) is 10.4.